The number of hydrogen-bond donors (Lipinski definition) is 11. The summed E-state index contributed by atoms with van der Waals surface area (Å²) in [5.74, 6) is 2.26. The molecule has 32 atom stereocenters. The molecule has 0 aromatic heterocycles. The molecule has 10 fully saturated rings. The van der Waals surface area contributed by atoms with Gasteiger partial charge in [-0.25, -0.2) is 0 Å². The van der Waals surface area contributed by atoms with Gasteiger partial charge in [0, 0.05) is 24.9 Å². The molecule has 0 amide bonds. The van der Waals surface area contributed by atoms with Crippen LogP contribution in [0.2, 0.25) is 0 Å². The Bertz CT molecular complexity index is 2090. The minimum atomic E-state index is -1.76. The number of aliphatic hydroxyl groups is 11. The summed E-state index contributed by atoms with van der Waals surface area (Å²) in [6.07, 6.45) is -14.4. The summed E-state index contributed by atoms with van der Waals surface area (Å²) in [6.45, 7) is 10.5. The average molecular weight is 1150 g/mol. The third kappa shape index (κ3) is 11.0. The molecule has 11 aliphatic rings. The van der Waals surface area contributed by atoms with Crippen molar-refractivity contribution in [3.63, 3.8) is 0 Å². The maximum absolute atomic E-state index is 11.5. The molecule has 11 rings (SSSR count). The van der Waals surface area contributed by atoms with Crippen molar-refractivity contribution in [1.29, 1.82) is 0 Å². The van der Waals surface area contributed by atoms with Gasteiger partial charge in [-0.15, -0.1) is 0 Å². The Morgan fingerprint density at radius 2 is 1.25 bits per heavy atom. The lowest BCUT2D eigenvalue weighted by Crippen LogP contribution is -2.64. The van der Waals surface area contributed by atoms with Gasteiger partial charge in [0.05, 0.1) is 58.0 Å². The quantitative estimate of drug-likeness (QED) is 0.0608. The molecule has 0 bridgehead atoms. The molecule has 0 aromatic rings. The van der Waals surface area contributed by atoms with Gasteiger partial charge in [-0.1, -0.05) is 46.3 Å². The van der Waals surface area contributed by atoms with Crippen molar-refractivity contribution >= 4 is 0 Å². The van der Waals surface area contributed by atoms with Gasteiger partial charge in [0.15, 0.2) is 30.9 Å². The monoisotopic (exact) mass is 1140 g/mol. The van der Waals surface area contributed by atoms with Gasteiger partial charge in [-0.3, -0.25) is 0 Å². The first-order chi connectivity index (χ1) is 38.3. The fourth-order valence-electron chi connectivity index (χ4n) is 16.7. The van der Waals surface area contributed by atoms with E-state index < -0.39 is 154 Å². The zero-order valence-electron chi connectivity index (χ0n) is 46.9. The number of aliphatic hydroxyl groups excluding tert-OH is 11. The van der Waals surface area contributed by atoms with Crippen LogP contribution >= 0.6 is 0 Å². The summed E-state index contributed by atoms with van der Waals surface area (Å²) < 4.78 is 73.3. The molecule has 3 saturated carbocycles. The van der Waals surface area contributed by atoms with Crippen LogP contribution in [0.5, 0.6) is 0 Å². The second-order valence-electron chi connectivity index (χ2n) is 26.2. The van der Waals surface area contributed by atoms with Crippen LogP contribution in [0, 0.1) is 52.3 Å². The first-order valence-corrected chi connectivity index (χ1v) is 30.0. The number of rotatable bonds is 18. The van der Waals surface area contributed by atoms with Crippen molar-refractivity contribution in [2.24, 2.45) is 52.3 Å². The van der Waals surface area contributed by atoms with Crippen molar-refractivity contribution in [1.82, 2.24) is 0 Å². The Kier molecular flexibility index (Phi) is 18.3. The molecular weight excluding hydrogens is 1050 g/mol. The third-order valence-electron chi connectivity index (χ3n) is 21.5. The van der Waals surface area contributed by atoms with Gasteiger partial charge in [0.25, 0.3) is 0 Å². The van der Waals surface area contributed by atoms with E-state index in [0.29, 0.717) is 41.9 Å². The highest BCUT2D eigenvalue weighted by Gasteiger charge is 2.69. The van der Waals surface area contributed by atoms with Crippen LogP contribution in [0.4, 0.5) is 0 Å². The van der Waals surface area contributed by atoms with E-state index in [1.54, 1.807) is 6.92 Å². The summed E-state index contributed by atoms with van der Waals surface area (Å²) in [7, 11) is 0. The Morgan fingerprint density at radius 1 is 0.625 bits per heavy atom. The van der Waals surface area contributed by atoms with Crippen molar-refractivity contribution in [2.45, 2.75) is 246 Å². The summed E-state index contributed by atoms with van der Waals surface area (Å²) >= 11 is 0. The summed E-state index contributed by atoms with van der Waals surface area (Å²) in [4.78, 5) is 0. The van der Waals surface area contributed by atoms with E-state index in [2.05, 4.69) is 33.8 Å². The lowest BCUT2D eigenvalue weighted by Gasteiger charge is -2.58. The zero-order valence-corrected chi connectivity index (χ0v) is 46.9. The van der Waals surface area contributed by atoms with Crippen molar-refractivity contribution in [3.8, 4) is 0 Å². The Morgan fingerprint density at radius 3 is 1.90 bits per heavy atom. The summed E-state index contributed by atoms with van der Waals surface area (Å²) in [6, 6.07) is 0. The van der Waals surface area contributed by atoms with E-state index in [0.717, 1.165) is 51.6 Å². The van der Waals surface area contributed by atoms with Gasteiger partial charge in [0.2, 0.25) is 0 Å². The number of hydrogen-bond acceptors (Lipinski definition) is 23. The van der Waals surface area contributed by atoms with Crippen LogP contribution in [-0.4, -0.2) is 243 Å². The second-order valence-corrected chi connectivity index (χ2v) is 26.2. The second kappa shape index (κ2) is 24.2. The minimum Gasteiger partial charge on any atom is -0.394 e. The summed E-state index contributed by atoms with van der Waals surface area (Å²) in [5.41, 5.74) is 1.76. The topological polar surface area (TPSA) is 337 Å². The van der Waals surface area contributed by atoms with E-state index in [9.17, 15) is 56.2 Å². The van der Waals surface area contributed by atoms with E-state index in [4.69, 9.17) is 56.8 Å². The fraction of sp³-hybridized carbons (Fsp3) is 0.965. The maximum atomic E-state index is 11.5. The number of ether oxygens (including phenoxy) is 12. The van der Waals surface area contributed by atoms with Crippen molar-refractivity contribution < 1.29 is 113 Å². The molecule has 0 aromatic carbocycles. The largest absolute Gasteiger partial charge is 0.394 e. The first kappa shape index (κ1) is 60.5. The third-order valence-corrected chi connectivity index (χ3v) is 21.5. The van der Waals surface area contributed by atoms with Crippen LogP contribution in [0.1, 0.15) is 105 Å². The molecule has 1 spiro atoms. The molecule has 7 aliphatic heterocycles. The summed E-state index contributed by atoms with van der Waals surface area (Å²) in [5, 5.41) is 118. The number of epoxide rings is 1. The molecule has 23 nitrogen and oxygen atoms in total. The lowest BCUT2D eigenvalue weighted by molar-refractivity contribution is -0.359. The smallest absolute Gasteiger partial charge is 0.187 e. The highest BCUT2D eigenvalue weighted by Crippen LogP contribution is 2.71. The minimum absolute atomic E-state index is 0.0427. The predicted molar refractivity (Wildman–Crippen MR) is 274 cm³/mol. The molecule has 80 heavy (non-hydrogen) atoms. The highest BCUT2D eigenvalue weighted by molar-refractivity contribution is 5.26. The highest BCUT2D eigenvalue weighted by atomic mass is 16.8. The van der Waals surface area contributed by atoms with Crippen molar-refractivity contribution in [3.05, 3.63) is 11.6 Å². The molecule has 0 radical (unpaired) electrons. The van der Waals surface area contributed by atoms with E-state index in [1.807, 2.05) is 0 Å². The Hall–Kier alpha value is -1.18. The number of allylic oxidation sites excluding steroid dienone is 1. The normalized spacial score (nSPS) is 54.0. The molecular formula is C57H92O23. The van der Waals surface area contributed by atoms with Crippen LogP contribution in [0.3, 0.4) is 0 Å². The lowest BCUT2D eigenvalue weighted by atomic mass is 9.47. The molecule has 4 aliphatic carbocycles. The Labute approximate surface area is 468 Å². The van der Waals surface area contributed by atoms with Gasteiger partial charge >= 0.3 is 0 Å². The standard InChI is InChI=1S/C57H92O23/c1-6-33-47(78-53-43(65)40(62)39(61)35(19-58)74-53)41(63)44(66)51(73-33)70-23-27(24-71-52-45(67)42(64)48(36(20-59)75-52)79-54-46(68)50-49(77-50)37(21-60)76-54)12-16-69-29-10-13-55(4)28(17-29)7-8-30-31(55)11-14-56(5)32(30)18-34-38(56)26(3)57(80-34)15-9-25(2)22-72-57/h7,25-27,29-54,58-68H,6,8-24H2,1-5H3/t25-,26+,27?,29+,30-,31+,32+,33?,34+,35?,36?,37?,38+,39-,40?,41?,42?,43+,44+,45+,46+,47-,48-,49-,50?,51-,52-,53-,54-,55+,56+,57-/m1/s1. The van der Waals surface area contributed by atoms with Crippen LogP contribution in [0.25, 0.3) is 0 Å². The van der Waals surface area contributed by atoms with E-state index in [-0.39, 0.29) is 49.3 Å². The zero-order chi connectivity index (χ0) is 56.7. The molecule has 11 N–H and O–H groups in total. The van der Waals surface area contributed by atoms with Crippen LogP contribution < -0.4 is 0 Å². The van der Waals surface area contributed by atoms with Gasteiger partial charge < -0.3 is 113 Å². The fourth-order valence-corrected chi connectivity index (χ4v) is 16.7. The van der Waals surface area contributed by atoms with E-state index >= 15 is 0 Å². The molecule has 458 valence electrons. The first-order valence-electron chi connectivity index (χ1n) is 30.0. The van der Waals surface area contributed by atoms with Gasteiger partial charge in [-0.05, 0) is 105 Å². The SMILES string of the molecule is CCC1O[C@@H](OCC(CCO[C@H]2CC[C@@]3(C)C(=CC[C@H]4[C@@H]5C[C@@H]6O[C@]7(CC[C@@H](C)CO7)[C@@H](C)[C@@H]6[C@@]5(C)CC[C@@H]43)C2)CO[C@@H]2OC(CO)[C@@H](O[C@H]3OC(CO)[C@H]4OC4[C@@H]3O)C(O)[C@@H]2O)[C@@H](O)C(O)[C@@H]1O[C@H]1OC(CO)[C@@H](O)C(O)[C@@H]1O. The van der Waals surface area contributed by atoms with Gasteiger partial charge in [0.1, 0.15) is 91.6 Å². The molecule has 9 unspecified atom stereocenters. The predicted octanol–water partition coefficient (Wildman–Crippen LogP) is -0.511. The maximum Gasteiger partial charge on any atom is 0.187 e. The van der Waals surface area contributed by atoms with Crippen LogP contribution in [-0.2, 0) is 56.8 Å². The molecule has 7 heterocycles. The van der Waals surface area contributed by atoms with Crippen LogP contribution in [0.15, 0.2) is 11.6 Å². The Balaban J connectivity index is 0.731. The average Bonchev–Trinajstić information content (AvgIpc) is 4.20. The molecule has 23 heteroatoms. The molecule has 7 saturated heterocycles. The van der Waals surface area contributed by atoms with E-state index in [1.165, 1.54) is 18.4 Å². The van der Waals surface area contributed by atoms with Gasteiger partial charge in [-0.2, -0.15) is 0 Å². The van der Waals surface area contributed by atoms with Crippen molar-refractivity contribution in [2.75, 3.05) is 46.2 Å². The number of fused-ring (bicyclic) bond motifs is 8.